The number of benzene rings is 2. The summed E-state index contributed by atoms with van der Waals surface area (Å²) in [4.78, 5) is 19.6. The number of phenols is 1. The topological polar surface area (TPSA) is 77.4 Å². The molecule has 7 heterocycles. The van der Waals surface area contributed by atoms with Crippen molar-refractivity contribution in [3.63, 3.8) is 0 Å². The standard InChI is InChI=1S/C33H32F2N6OS/c1-43-26-5-2-4-19-12-23(42)13-24(28(19)26)30-29(35)31-25(16-37-30)32(41-18-21-6-7-22(41)15-36-21)39-27(38-31)8-10-33-9-3-11-40(33)17-20(34)14-33/h2,4-5,12-13,16,20-22,36,42H,3,6-7,9,11,14-15,17-18H2,1H3/t20-,21-,22-,33-/m1/s1. The first kappa shape index (κ1) is 27.1. The van der Waals surface area contributed by atoms with Crippen LogP contribution in [0, 0.1) is 17.7 Å². The van der Waals surface area contributed by atoms with Gasteiger partial charge in [0.2, 0.25) is 5.82 Å². The van der Waals surface area contributed by atoms with Crippen molar-refractivity contribution >= 4 is 39.3 Å². The molecule has 9 rings (SSSR count). The maximum absolute atomic E-state index is 16.8. The van der Waals surface area contributed by atoms with Crippen LogP contribution in [-0.2, 0) is 0 Å². The molecule has 0 aliphatic carbocycles. The van der Waals surface area contributed by atoms with Crippen LogP contribution in [0.2, 0.25) is 0 Å². The lowest BCUT2D eigenvalue weighted by atomic mass is 9.92. The Kier molecular flexibility index (Phi) is 6.48. The first-order valence-electron chi connectivity index (χ1n) is 15.0. The molecular weight excluding hydrogens is 566 g/mol. The fourth-order valence-electron chi connectivity index (χ4n) is 7.67. The Morgan fingerprint density at radius 3 is 2.88 bits per heavy atom. The number of nitrogens with zero attached hydrogens (tertiary/aromatic N) is 5. The van der Waals surface area contributed by atoms with Gasteiger partial charge in [-0.15, -0.1) is 11.8 Å². The Balaban J connectivity index is 1.33. The van der Waals surface area contributed by atoms with Crippen LogP contribution in [0.4, 0.5) is 14.6 Å². The summed E-state index contributed by atoms with van der Waals surface area (Å²) in [5.74, 6) is 6.87. The first-order valence-corrected chi connectivity index (χ1v) is 16.2. The summed E-state index contributed by atoms with van der Waals surface area (Å²) in [6.45, 7) is 2.85. The van der Waals surface area contributed by atoms with Gasteiger partial charge in [0.15, 0.2) is 5.82 Å². The van der Waals surface area contributed by atoms with Crippen molar-refractivity contribution in [1.29, 1.82) is 0 Å². The number of alkyl halides is 1. The minimum atomic E-state index is -0.895. The number of fused-ring (bicyclic) bond motifs is 6. The van der Waals surface area contributed by atoms with Gasteiger partial charge in [-0.2, -0.15) is 0 Å². The van der Waals surface area contributed by atoms with E-state index in [0.29, 0.717) is 35.8 Å². The van der Waals surface area contributed by atoms with Gasteiger partial charge in [0, 0.05) is 60.2 Å². The fraction of sp³-hybridized carbons (Fsp3) is 0.424. The summed E-state index contributed by atoms with van der Waals surface area (Å²) in [7, 11) is 0. The molecule has 5 aliphatic heterocycles. The molecule has 0 unspecified atom stereocenters. The zero-order valence-electron chi connectivity index (χ0n) is 23.9. The summed E-state index contributed by atoms with van der Waals surface area (Å²) in [6, 6.07) is 9.64. The second-order valence-electron chi connectivity index (χ2n) is 12.2. The molecule has 2 bridgehead atoms. The normalized spacial score (nSPS) is 26.7. The molecular formula is C33H32F2N6OS. The highest BCUT2D eigenvalue weighted by Gasteiger charge is 2.47. The SMILES string of the molecule is CSc1cccc2cc(O)cc(-c3ncc4c(N5C[C@H]6CC[C@@H]5CN6)nc(C#C[C@@]56CCCN5C[C@H](F)C6)nc4c3F)c12. The summed E-state index contributed by atoms with van der Waals surface area (Å²) in [5.41, 5.74) is 0.274. The molecule has 5 saturated heterocycles. The Labute approximate surface area is 253 Å². The lowest BCUT2D eigenvalue weighted by molar-refractivity contribution is 0.255. The summed E-state index contributed by atoms with van der Waals surface area (Å²) in [5, 5.41) is 16.3. The van der Waals surface area contributed by atoms with Crippen molar-refractivity contribution in [2.24, 2.45) is 0 Å². The van der Waals surface area contributed by atoms with Crippen molar-refractivity contribution in [3.05, 3.63) is 48.2 Å². The van der Waals surface area contributed by atoms with Gasteiger partial charge in [0.25, 0.3) is 0 Å². The number of aromatic hydroxyl groups is 1. The lowest BCUT2D eigenvalue weighted by Gasteiger charge is -2.46. The Morgan fingerprint density at radius 1 is 1.19 bits per heavy atom. The lowest BCUT2D eigenvalue weighted by Crippen LogP contribution is -2.61. The molecule has 0 saturated carbocycles. The molecule has 4 aromatic rings. The zero-order chi connectivity index (χ0) is 29.3. The predicted molar refractivity (Wildman–Crippen MR) is 166 cm³/mol. The second-order valence-corrected chi connectivity index (χ2v) is 13.1. The summed E-state index contributed by atoms with van der Waals surface area (Å²) in [6.07, 6.45) is 7.04. The molecule has 10 heteroatoms. The van der Waals surface area contributed by atoms with Crippen molar-refractivity contribution in [2.45, 2.75) is 60.8 Å². The van der Waals surface area contributed by atoms with Crippen LogP contribution >= 0.6 is 11.8 Å². The highest BCUT2D eigenvalue weighted by atomic mass is 32.2. The van der Waals surface area contributed by atoms with Gasteiger partial charge in [0.1, 0.15) is 28.9 Å². The van der Waals surface area contributed by atoms with E-state index in [-0.39, 0.29) is 28.8 Å². The molecule has 4 atom stereocenters. The number of nitrogens with one attached hydrogen (secondary N) is 1. The Bertz CT molecular complexity index is 1830. The minimum absolute atomic E-state index is 0.0388. The molecule has 0 radical (unpaired) electrons. The van der Waals surface area contributed by atoms with Gasteiger partial charge >= 0.3 is 0 Å². The number of piperazine rings is 1. The summed E-state index contributed by atoms with van der Waals surface area (Å²) < 4.78 is 31.2. The van der Waals surface area contributed by atoms with Crippen LogP contribution in [0.3, 0.4) is 0 Å². The fourth-order valence-corrected chi connectivity index (χ4v) is 8.32. The van der Waals surface area contributed by atoms with E-state index in [1.165, 1.54) is 0 Å². The van der Waals surface area contributed by atoms with E-state index in [4.69, 9.17) is 9.97 Å². The molecule has 2 aromatic heterocycles. The number of halogens is 2. The van der Waals surface area contributed by atoms with E-state index in [2.05, 4.69) is 31.9 Å². The maximum atomic E-state index is 16.8. The van der Waals surface area contributed by atoms with Crippen LogP contribution in [0.25, 0.3) is 32.9 Å². The van der Waals surface area contributed by atoms with Crippen LogP contribution in [0.1, 0.15) is 37.9 Å². The van der Waals surface area contributed by atoms with E-state index in [0.717, 1.165) is 61.0 Å². The second kappa shape index (κ2) is 10.3. The van der Waals surface area contributed by atoms with Crippen LogP contribution in [0.15, 0.2) is 41.4 Å². The molecule has 5 fully saturated rings. The molecule has 5 aliphatic rings. The largest absolute Gasteiger partial charge is 0.508 e. The Hall–Kier alpha value is -3.52. The number of piperidine rings is 2. The summed E-state index contributed by atoms with van der Waals surface area (Å²) >= 11 is 1.56. The van der Waals surface area contributed by atoms with E-state index < -0.39 is 17.5 Å². The van der Waals surface area contributed by atoms with Gasteiger partial charge in [-0.3, -0.25) is 9.88 Å². The third kappa shape index (κ3) is 4.43. The quantitative estimate of drug-likeness (QED) is 0.244. The number of phenolic OH excluding ortho intramolecular Hbond substituents is 1. The maximum Gasteiger partial charge on any atom is 0.207 e. The monoisotopic (exact) mass is 598 g/mol. The predicted octanol–water partition coefficient (Wildman–Crippen LogP) is 5.28. The van der Waals surface area contributed by atoms with Crippen molar-refractivity contribution < 1.29 is 13.9 Å². The average Bonchev–Trinajstić information content (AvgIpc) is 3.55. The van der Waals surface area contributed by atoms with Crippen molar-refractivity contribution in [1.82, 2.24) is 25.2 Å². The number of aromatic nitrogens is 3. The van der Waals surface area contributed by atoms with Gasteiger partial charge in [-0.1, -0.05) is 18.1 Å². The average molecular weight is 599 g/mol. The van der Waals surface area contributed by atoms with E-state index in [9.17, 15) is 9.50 Å². The first-order chi connectivity index (χ1) is 20.9. The molecule has 220 valence electrons. The van der Waals surface area contributed by atoms with Gasteiger partial charge in [-0.05, 0) is 68.0 Å². The van der Waals surface area contributed by atoms with Gasteiger partial charge in [-0.25, -0.2) is 18.7 Å². The number of rotatable bonds is 3. The van der Waals surface area contributed by atoms with Crippen LogP contribution < -0.4 is 10.2 Å². The minimum Gasteiger partial charge on any atom is -0.508 e. The number of thioether (sulfide) groups is 1. The third-order valence-corrected chi connectivity index (χ3v) is 10.5. The van der Waals surface area contributed by atoms with E-state index in [1.54, 1.807) is 30.1 Å². The smallest absolute Gasteiger partial charge is 0.207 e. The van der Waals surface area contributed by atoms with E-state index in [1.807, 2.05) is 24.5 Å². The Morgan fingerprint density at radius 2 is 2.09 bits per heavy atom. The molecule has 0 spiro atoms. The highest BCUT2D eigenvalue weighted by molar-refractivity contribution is 7.98. The number of anilines is 1. The molecule has 0 amide bonds. The number of hydrogen-bond acceptors (Lipinski definition) is 8. The van der Waals surface area contributed by atoms with Gasteiger partial charge in [0.05, 0.1) is 10.9 Å². The van der Waals surface area contributed by atoms with E-state index >= 15 is 4.39 Å². The highest BCUT2D eigenvalue weighted by Crippen LogP contribution is 2.42. The molecule has 2 aromatic carbocycles. The molecule has 7 nitrogen and oxygen atoms in total. The molecule has 43 heavy (non-hydrogen) atoms. The van der Waals surface area contributed by atoms with Gasteiger partial charge < -0.3 is 15.3 Å². The third-order valence-electron chi connectivity index (χ3n) is 9.69. The van der Waals surface area contributed by atoms with Crippen molar-refractivity contribution in [3.8, 4) is 28.8 Å². The van der Waals surface area contributed by atoms with Crippen molar-refractivity contribution in [2.75, 3.05) is 37.3 Å². The zero-order valence-corrected chi connectivity index (χ0v) is 24.7. The van der Waals surface area contributed by atoms with Crippen LogP contribution in [0.5, 0.6) is 5.75 Å². The van der Waals surface area contributed by atoms with Crippen LogP contribution in [-0.4, -0.2) is 81.2 Å². The molecule has 2 N–H and O–H groups in total. The number of pyridine rings is 1. The number of hydrogen-bond donors (Lipinski definition) is 2.